The van der Waals surface area contributed by atoms with Gasteiger partial charge in [-0.25, -0.2) is 13.2 Å². The third-order valence-corrected chi connectivity index (χ3v) is 1.51. The molecule has 0 bridgehead atoms. The maximum atomic E-state index is 12.4. The highest BCUT2D eigenvalue weighted by atomic mass is 19.2. The number of hydrogen-bond acceptors (Lipinski definition) is 1. The monoisotopic (exact) mass is 178 g/mol. The fourth-order valence-corrected chi connectivity index (χ4v) is 0.880. The van der Waals surface area contributed by atoms with Crippen LogP contribution in [0.1, 0.15) is 6.42 Å². The van der Waals surface area contributed by atoms with Crippen LogP contribution < -0.4 is 0 Å². The molecule has 1 aliphatic rings. The van der Waals surface area contributed by atoms with E-state index in [1.54, 1.807) is 0 Å². The molecular formula is C7H5F3O2. The highest BCUT2D eigenvalue weighted by molar-refractivity contribution is 5.73. The molecule has 1 rings (SSSR count). The van der Waals surface area contributed by atoms with Crippen molar-refractivity contribution in [3.8, 4) is 0 Å². The van der Waals surface area contributed by atoms with Crippen LogP contribution in [-0.4, -0.2) is 11.1 Å². The van der Waals surface area contributed by atoms with Crippen LogP contribution in [0.25, 0.3) is 0 Å². The SMILES string of the molecule is O=C(O)C1C=C(F)C(F)=C(F)C1. The summed E-state index contributed by atoms with van der Waals surface area (Å²) in [7, 11) is 0. The van der Waals surface area contributed by atoms with Crippen molar-refractivity contribution in [2.45, 2.75) is 6.42 Å². The molecule has 0 aromatic heterocycles. The maximum Gasteiger partial charge on any atom is 0.310 e. The van der Waals surface area contributed by atoms with Gasteiger partial charge in [0.1, 0.15) is 5.83 Å². The van der Waals surface area contributed by atoms with Gasteiger partial charge in [-0.05, 0) is 6.08 Å². The maximum absolute atomic E-state index is 12.4. The molecule has 1 atom stereocenters. The summed E-state index contributed by atoms with van der Waals surface area (Å²) < 4.78 is 37.0. The Morgan fingerprint density at radius 2 is 2.08 bits per heavy atom. The van der Waals surface area contributed by atoms with E-state index in [1.165, 1.54) is 0 Å². The molecule has 1 N–H and O–H groups in total. The summed E-state index contributed by atoms with van der Waals surface area (Å²) in [5, 5.41) is 8.34. The van der Waals surface area contributed by atoms with Crippen LogP contribution in [0, 0.1) is 5.92 Å². The lowest BCUT2D eigenvalue weighted by atomic mass is 9.99. The quantitative estimate of drug-likeness (QED) is 0.667. The minimum atomic E-state index is -1.59. The van der Waals surface area contributed by atoms with Gasteiger partial charge in [0.05, 0.1) is 5.92 Å². The predicted octanol–water partition coefficient (Wildman–Crippen LogP) is 2.09. The van der Waals surface area contributed by atoms with Crippen LogP contribution >= 0.6 is 0 Å². The normalized spacial score (nSPS) is 23.9. The van der Waals surface area contributed by atoms with Gasteiger partial charge in [-0.15, -0.1) is 0 Å². The minimum absolute atomic E-state index is 0.556. The molecule has 12 heavy (non-hydrogen) atoms. The lowest BCUT2D eigenvalue weighted by Gasteiger charge is -2.11. The lowest BCUT2D eigenvalue weighted by Crippen LogP contribution is -2.14. The van der Waals surface area contributed by atoms with Gasteiger partial charge >= 0.3 is 5.97 Å². The highest BCUT2D eigenvalue weighted by Gasteiger charge is 2.27. The summed E-state index contributed by atoms with van der Waals surface area (Å²) in [6, 6.07) is 0. The number of hydrogen-bond donors (Lipinski definition) is 1. The van der Waals surface area contributed by atoms with Crippen molar-refractivity contribution in [2.24, 2.45) is 5.92 Å². The Labute approximate surface area is 66.0 Å². The average molecular weight is 178 g/mol. The third-order valence-electron chi connectivity index (χ3n) is 1.51. The van der Waals surface area contributed by atoms with Gasteiger partial charge < -0.3 is 5.11 Å². The fourth-order valence-electron chi connectivity index (χ4n) is 0.880. The van der Waals surface area contributed by atoms with Crippen LogP contribution in [0.4, 0.5) is 13.2 Å². The zero-order valence-corrected chi connectivity index (χ0v) is 5.85. The van der Waals surface area contributed by atoms with Crippen LogP contribution in [0.15, 0.2) is 23.6 Å². The summed E-state index contributed by atoms with van der Waals surface area (Å²) in [5.41, 5.74) is 0. The van der Waals surface area contributed by atoms with Crippen LogP contribution in [0.3, 0.4) is 0 Å². The first-order valence-electron chi connectivity index (χ1n) is 3.17. The lowest BCUT2D eigenvalue weighted by molar-refractivity contribution is -0.140. The van der Waals surface area contributed by atoms with Gasteiger partial charge in [-0.2, -0.15) is 0 Å². The Balaban J connectivity index is 2.91. The Bertz CT molecular complexity index is 280. The largest absolute Gasteiger partial charge is 0.481 e. The van der Waals surface area contributed by atoms with E-state index >= 15 is 0 Å². The third kappa shape index (κ3) is 1.49. The van der Waals surface area contributed by atoms with Gasteiger partial charge in [0.15, 0.2) is 11.7 Å². The topological polar surface area (TPSA) is 37.3 Å². The van der Waals surface area contributed by atoms with Crippen molar-refractivity contribution in [3.05, 3.63) is 23.6 Å². The molecule has 1 unspecified atom stereocenters. The molecule has 0 spiro atoms. The molecule has 1 aliphatic carbocycles. The Morgan fingerprint density at radius 3 is 2.50 bits per heavy atom. The zero-order valence-electron chi connectivity index (χ0n) is 5.85. The summed E-state index contributed by atoms with van der Waals surface area (Å²) in [5.74, 6) is -7.04. The number of rotatable bonds is 1. The molecule has 2 nitrogen and oxygen atoms in total. The molecule has 0 radical (unpaired) electrons. The van der Waals surface area contributed by atoms with Crippen molar-refractivity contribution in [2.75, 3.05) is 0 Å². The zero-order chi connectivity index (χ0) is 9.30. The molecule has 0 saturated carbocycles. The first-order valence-corrected chi connectivity index (χ1v) is 3.17. The molecule has 0 amide bonds. The van der Waals surface area contributed by atoms with E-state index in [9.17, 15) is 18.0 Å². The second-order valence-corrected chi connectivity index (χ2v) is 2.38. The van der Waals surface area contributed by atoms with E-state index in [-0.39, 0.29) is 0 Å². The van der Waals surface area contributed by atoms with Crippen molar-refractivity contribution in [1.29, 1.82) is 0 Å². The standard InChI is InChI=1S/C7H5F3O2/c8-4-1-3(7(11)12)2-5(9)6(4)10/h1,3H,2H2,(H,11,12). The summed E-state index contributed by atoms with van der Waals surface area (Å²) >= 11 is 0. The van der Waals surface area contributed by atoms with Crippen molar-refractivity contribution >= 4 is 5.97 Å². The summed E-state index contributed by atoms with van der Waals surface area (Å²) in [6.45, 7) is 0. The van der Waals surface area contributed by atoms with Gasteiger partial charge in [-0.3, -0.25) is 4.79 Å². The first-order chi connectivity index (χ1) is 5.52. The van der Waals surface area contributed by atoms with Gasteiger partial charge in [0.2, 0.25) is 0 Å². The van der Waals surface area contributed by atoms with Crippen molar-refractivity contribution in [3.63, 3.8) is 0 Å². The van der Waals surface area contributed by atoms with Crippen molar-refractivity contribution in [1.82, 2.24) is 0 Å². The van der Waals surface area contributed by atoms with E-state index in [0.29, 0.717) is 6.08 Å². The molecular weight excluding hydrogens is 173 g/mol. The number of carbonyl (C=O) groups is 1. The van der Waals surface area contributed by atoms with E-state index < -0.39 is 35.8 Å². The number of halogens is 3. The Kier molecular flexibility index (Phi) is 2.21. The first kappa shape index (κ1) is 8.83. The van der Waals surface area contributed by atoms with Crippen LogP contribution in [0.5, 0.6) is 0 Å². The number of carboxylic acids is 1. The molecule has 0 fully saturated rings. The summed E-state index contributed by atoms with van der Waals surface area (Å²) in [4.78, 5) is 10.2. The van der Waals surface area contributed by atoms with Crippen LogP contribution in [0.2, 0.25) is 0 Å². The fraction of sp³-hybridized carbons (Fsp3) is 0.286. The smallest absolute Gasteiger partial charge is 0.310 e. The molecule has 5 heteroatoms. The minimum Gasteiger partial charge on any atom is -0.481 e. The molecule has 0 aliphatic heterocycles. The number of aliphatic carboxylic acids is 1. The number of allylic oxidation sites excluding steroid dienone is 3. The predicted molar refractivity (Wildman–Crippen MR) is 34.2 cm³/mol. The van der Waals surface area contributed by atoms with Gasteiger partial charge in [-0.1, -0.05) is 0 Å². The van der Waals surface area contributed by atoms with E-state index in [2.05, 4.69) is 0 Å². The second-order valence-electron chi connectivity index (χ2n) is 2.38. The molecule has 0 saturated heterocycles. The van der Waals surface area contributed by atoms with Crippen LogP contribution in [-0.2, 0) is 4.79 Å². The number of carboxylic acid groups (broad SMARTS) is 1. The molecule has 0 aromatic carbocycles. The van der Waals surface area contributed by atoms with E-state index in [1.807, 2.05) is 0 Å². The Hall–Kier alpha value is -1.26. The molecule has 0 aromatic rings. The van der Waals surface area contributed by atoms with Crippen molar-refractivity contribution < 1.29 is 23.1 Å². The Morgan fingerprint density at radius 1 is 1.50 bits per heavy atom. The van der Waals surface area contributed by atoms with Gasteiger partial charge in [0, 0.05) is 6.42 Å². The highest BCUT2D eigenvalue weighted by Crippen LogP contribution is 2.31. The average Bonchev–Trinajstić information content (AvgIpc) is 1.99. The second kappa shape index (κ2) is 3.00. The molecule has 66 valence electrons. The van der Waals surface area contributed by atoms with Gasteiger partial charge in [0.25, 0.3) is 0 Å². The summed E-state index contributed by atoms with van der Waals surface area (Å²) in [6.07, 6.45) is -0.0602. The molecule has 0 heterocycles. The van der Waals surface area contributed by atoms with E-state index in [0.717, 1.165) is 0 Å². The van der Waals surface area contributed by atoms with E-state index in [4.69, 9.17) is 5.11 Å².